The number of isocyanates is 1. The number of carbonyl (C=O) groups is 1. The molecule has 4 aliphatic heterocycles. The Hall–Kier alpha value is -3.53. The second-order valence-corrected chi connectivity index (χ2v) is 12.6. The Labute approximate surface area is 246 Å². The van der Waals surface area contributed by atoms with E-state index in [1.165, 1.54) is 17.3 Å². The summed E-state index contributed by atoms with van der Waals surface area (Å²) in [6, 6.07) is 11.1. The topological polar surface area (TPSA) is 112 Å². The van der Waals surface area contributed by atoms with Gasteiger partial charge in [0.25, 0.3) is 0 Å². The molecule has 6 rings (SSSR count). The number of phenols is 2. The van der Waals surface area contributed by atoms with Crippen LogP contribution >= 0.6 is 0 Å². The van der Waals surface area contributed by atoms with Crippen LogP contribution in [0, 0.1) is 0 Å². The van der Waals surface area contributed by atoms with Gasteiger partial charge in [-0.05, 0) is 67.4 Å². The summed E-state index contributed by atoms with van der Waals surface area (Å²) in [7, 11) is 7.73. The first kappa shape index (κ1) is 32.0. The molecule has 224 valence electrons. The maximum Gasteiger partial charge on any atom is 0.318 e. The molecule has 41 heavy (non-hydrogen) atoms. The number of fused-ring (bicyclic) bond motifs is 6. The molecule has 2 saturated heterocycles. The SMILES string of the molecule is C.CN1CC[C@@]2(C)c3cc(O)ccc3N(C)C12.CN1CC[C@@]2(C)c3cc(O)ccc3N(C)C2NC1=O.C[SiH2]N=C=O. The van der Waals surface area contributed by atoms with Crippen molar-refractivity contribution in [2.24, 2.45) is 4.66 Å². The summed E-state index contributed by atoms with van der Waals surface area (Å²) in [5.74, 6) is 0.654. The van der Waals surface area contributed by atoms with Gasteiger partial charge in [-0.2, -0.15) is 0 Å². The number of nitrogens with zero attached hydrogens (tertiary/aromatic N) is 5. The smallest absolute Gasteiger partial charge is 0.318 e. The number of rotatable bonds is 1. The Balaban J connectivity index is 0.000000192. The first-order chi connectivity index (χ1) is 18.9. The molecular weight excluding hydrogens is 536 g/mol. The monoisotopic (exact) mass is 582 g/mol. The quantitative estimate of drug-likeness (QED) is 0.269. The molecule has 0 bridgehead atoms. The van der Waals surface area contributed by atoms with Gasteiger partial charge in [0.1, 0.15) is 17.7 Å². The Morgan fingerprint density at radius 3 is 2.00 bits per heavy atom. The minimum Gasteiger partial charge on any atom is -0.508 e. The number of hydrogen-bond donors (Lipinski definition) is 3. The van der Waals surface area contributed by atoms with E-state index in [1.807, 2.05) is 44.9 Å². The van der Waals surface area contributed by atoms with Gasteiger partial charge in [0.2, 0.25) is 6.08 Å². The Bertz CT molecular complexity index is 1320. The first-order valence-electron chi connectivity index (χ1n) is 13.8. The highest BCUT2D eigenvalue weighted by molar-refractivity contribution is 6.32. The van der Waals surface area contributed by atoms with Crippen LogP contribution in [0.1, 0.15) is 45.2 Å². The lowest BCUT2D eigenvalue weighted by Gasteiger charge is -2.33. The van der Waals surface area contributed by atoms with E-state index in [9.17, 15) is 15.0 Å². The lowest BCUT2D eigenvalue weighted by atomic mass is 9.79. The fourth-order valence-corrected chi connectivity index (χ4v) is 7.02. The van der Waals surface area contributed by atoms with Crippen LogP contribution in [0.25, 0.3) is 0 Å². The molecule has 4 heterocycles. The third-order valence-corrected chi connectivity index (χ3v) is 9.52. The maximum absolute atomic E-state index is 12.0. The number of urea groups is 1. The van der Waals surface area contributed by atoms with E-state index >= 15 is 0 Å². The van der Waals surface area contributed by atoms with Crippen LogP contribution in [0.15, 0.2) is 41.1 Å². The highest BCUT2D eigenvalue weighted by atomic mass is 28.2. The molecule has 4 atom stereocenters. The van der Waals surface area contributed by atoms with Gasteiger partial charge >= 0.3 is 6.03 Å². The first-order valence-corrected chi connectivity index (χ1v) is 15.8. The predicted molar refractivity (Wildman–Crippen MR) is 168 cm³/mol. The maximum atomic E-state index is 12.0. The molecule has 2 aromatic carbocycles. The highest BCUT2D eigenvalue weighted by Crippen LogP contribution is 2.51. The minimum absolute atomic E-state index is 0. The minimum atomic E-state index is -0.385. The normalized spacial score (nSPS) is 27.6. The molecule has 0 aromatic heterocycles. The van der Waals surface area contributed by atoms with Crippen molar-refractivity contribution in [3.63, 3.8) is 0 Å². The number of aromatic hydroxyl groups is 2. The number of hydrogen-bond acceptors (Lipinski definition) is 8. The van der Waals surface area contributed by atoms with Gasteiger partial charge < -0.3 is 30.2 Å². The van der Waals surface area contributed by atoms with Crippen molar-refractivity contribution in [1.29, 1.82) is 0 Å². The molecule has 0 saturated carbocycles. The summed E-state index contributed by atoms with van der Waals surface area (Å²) in [4.78, 5) is 29.7. The second kappa shape index (κ2) is 12.1. The van der Waals surface area contributed by atoms with E-state index in [0.29, 0.717) is 18.5 Å². The summed E-state index contributed by atoms with van der Waals surface area (Å²) < 4.78 is 3.31. The zero-order chi connectivity index (χ0) is 29.4. The summed E-state index contributed by atoms with van der Waals surface area (Å²) in [5, 5.41) is 22.5. The Morgan fingerprint density at radius 1 is 0.927 bits per heavy atom. The molecule has 2 aromatic rings. The number of nitrogens with one attached hydrogen (secondary N) is 1. The summed E-state index contributed by atoms with van der Waals surface area (Å²) in [6.45, 7) is 8.22. The van der Waals surface area contributed by atoms with E-state index in [0.717, 1.165) is 30.6 Å². The number of benzene rings is 2. The van der Waals surface area contributed by atoms with Crippen molar-refractivity contribution in [1.82, 2.24) is 15.1 Å². The standard InChI is InChI=1S/C14H19N3O2.C13H18N2O.C2H5NOSi.CH4/c1-14-6-7-16(2)13(19)15-12(14)17(3)11-5-4-9(18)8-10(11)14;1-13-6-7-14(2)12(13)15(3)11-5-4-9(16)8-10(11)13;1-5-3-2-4;/h4-5,8,12,18H,6-7H2,1-3H3,(H,15,19);4-5,8,12,16H,6-7H2,1-3H3;5H2,1H3;1H4/t12?,14-;12?,13-;;/m00../s1. The van der Waals surface area contributed by atoms with Gasteiger partial charge in [0, 0.05) is 56.4 Å². The number of amides is 2. The zero-order valence-electron chi connectivity index (χ0n) is 24.6. The number of anilines is 2. The average molecular weight is 583 g/mol. The molecular formula is C30H46N6O4Si. The van der Waals surface area contributed by atoms with Crippen molar-refractivity contribution in [2.45, 2.75) is 63.8 Å². The highest BCUT2D eigenvalue weighted by Gasteiger charge is 2.52. The van der Waals surface area contributed by atoms with Crippen molar-refractivity contribution < 1.29 is 19.8 Å². The molecule has 0 aliphatic carbocycles. The Morgan fingerprint density at radius 2 is 1.46 bits per heavy atom. The van der Waals surface area contributed by atoms with Crippen molar-refractivity contribution in [3.05, 3.63) is 47.5 Å². The van der Waals surface area contributed by atoms with Gasteiger partial charge in [-0.15, -0.1) is 0 Å². The largest absolute Gasteiger partial charge is 0.508 e. The number of likely N-dealkylation sites (tertiary alicyclic amines) is 1. The van der Waals surface area contributed by atoms with Crippen LogP contribution in [-0.4, -0.2) is 95.4 Å². The molecule has 2 amide bonds. The van der Waals surface area contributed by atoms with Crippen LogP contribution in [-0.2, 0) is 15.6 Å². The molecule has 2 fully saturated rings. The van der Waals surface area contributed by atoms with Crippen LogP contribution in [0.3, 0.4) is 0 Å². The fourth-order valence-electron chi connectivity index (χ4n) is 6.89. The number of likely N-dealkylation sites (N-methyl/N-ethyl adjacent to an activating group) is 3. The molecule has 11 heteroatoms. The van der Waals surface area contributed by atoms with E-state index in [4.69, 9.17) is 4.79 Å². The molecule has 0 radical (unpaired) electrons. The molecule has 3 N–H and O–H groups in total. The van der Waals surface area contributed by atoms with Crippen molar-refractivity contribution in [2.75, 3.05) is 51.1 Å². The Kier molecular flexibility index (Phi) is 9.47. The van der Waals surface area contributed by atoms with E-state index in [1.54, 1.807) is 17.0 Å². The second-order valence-electron chi connectivity index (χ2n) is 11.7. The van der Waals surface area contributed by atoms with Crippen LogP contribution in [0.2, 0.25) is 6.55 Å². The average Bonchev–Trinajstić information content (AvgIpc) is 3.39. The van der Waals surface area contributed by atoms with Gasteiger partial charge in [0.05, 0.1) is 6.17 Å². The summed E-state index contributed by atoms with van der Waals surface area (Å²) >= 11 is 0. The lowest BCUT2D eigenvalue weighted by molar-refractivity contribution is 0.210. The number of phenolic OH excluding ortho intramolecular Hbond substituents is 2. The third kappa shape index (κ3) is 5.54. The molecule has 4 aliphatic rings. The lowest BCUT2D eigenvalue weighted by Crippen LogP contribution is -2.53. The molecule has 10 nitrogen and oxygen atoms in total. The predicted octanol–water partition coefficient (Wildman–Crippen LogP) is 3.32. The fraction of sp³-hybridized carbons (Fsp3) is 0.533. The van der Waals surface area contributed by atoms with E-state index in [2.05, 4.69) is 52.6 Å². The number of carbonyl (C=O) groups excluding carboxylic acids is 2. The van der Waals surface area contributed by atoms with E-state index < -0.39 is 0 Å². The van der Waals surface area contributed by atoms with Gasteiger partial charge in [-0.25, -0.2) is 9.59 Å². The summed E-state index contributed by atoms with van der Waals surface area (Å²) in [6.07, 6.45) is 3.85. The zero-order valence-corrected chi connectivity index (χ0v) is 26.0. The van der Waals surface area contributed by atoms with Crippen LogP contribution in [0.4, 0.5) is 16.2 Å². The van der Waals surface area contributed by atoms with Crippen LogP contribution in [0.5, 0.6) is 11.5 Å². The van der Waals surface area contributed by atoms with Crippen molar-refractivity contribution in [3.8, 4) is 11.5 Å². The third-order valence-electron chi connectivity index (χ3n) is 9.08. The van der Waals surface area contributed by atoms with Gasteiger partial charge in [0.15, 0.2) is 9.68 Å². The van der Waals surface area contributed by atoms with E-state index in [-0.39, 0.29) is 45.9 Å². The van der Waals surface area contributed by atoms with Gasteiger partial charge in [-0.3, -0.25) is 9.56 Å². The molecule has 2 unspecified atom stereocenters. The van der Waals surface area contributed by atoms with Crippen LogP contribution < -0.4 is 15.1 Å². The molecule has 0 spiro atoms. The van der Waals surface area contributed by atoms with Gasteiger partial charge in [-0.1, -0.05) is 27.8 Å². The summed E-state index contributed by atoms with van der Waals surface area (Å²) in [5.41, 5.74) is 4.73. The van der Waals surface area contributed by atoms with Crippen molar-refractivity contribution >= 4 is 33.2 Å².